The molecule has 0 aliphatic carbocycles. The van der Waals surface area contributed by atoms with Crippen LogP contribution in [0.5, 0.6) is 0 Å². The van der Waals surface area contributed by atoms with E-state index in [1.165, 1.54) is 25.7 Å². The van der Waals surface area contributed by atoms with Gasteiger partial charge in [0.15, 0.2) is 0 Å². The Morgan fingerprint density at radius 1 is 1.00 bits per heavy atom. The van der Waals surface area contributed by atoms with E-state index in [-0.39, 0.29) is 0 Å². The van der Waals surface area contributed by atoms with Crippen molar-refractivity contribution >= 4 is 10.0 Å². The van der Waals surface area contributed by atoms with Crippen molar-refractivity contribution in [1.29, 1.82) is 0 Å². The number of nitrogens with one attached hydrogen (secondary N) is 1. The second-order valence-electron chi connectivity index (χ2n) is 5.43. The van der Waals surface area contributed by atoms with Gasteiger partial charge in [0.05, 0.1) is 4.90 Å². The van der Waals surface area contributed by atoms with Crippen LogP contribution in [0.2, 0.25) is 0 Å². The summed E-state index contributed by atoms with van der Waals surface area (Å²) in [6, 6.07) is 5.52. The lowest BCUT2D eigenvalue weighted by Crippen LogP contribution is -2.25. The Morgan fingerprint density at radius 3 is 2.35 bits per heavy atom. The van der Waals surface area contributed by atoms with Crippen LogP contribution in [-0.4, -0.2) is 15.0 Å². The van der Waals surface area contributed by atoms with Gasteiger partial charge in [0.25, 0.3) is 0 Å². The highest BCUT2D eigenvalue weighted by Crippen LogP contribution is 2.16. The lowest BCUT2D eigenvalue weighted by molar-refractivity contribution is 0.567. The summed E-state index contributed by atoms with van der Waals surface area (Å²) in [5.41, 5.74) is 1.77. The molecule has 1 N–H and O–H groups in total. The van der Waals surface area contributed by atoms with Crippen LogP contribution in [0.25, 0.3) is 0 Å². The summed E-state index contributed by atoms with van der Waals surface area (Å²) in [6.45, 7) is 6.46. The van der Waals surface area contributed by atoms with E-state index in [0.717, 1.165) is 24.0 Å². The third kappa shape index (κ3) is 5.63. The fourth-order valence-electron chi connectivity index (χ4n) is 2.19. The summed E-state index contributed by atoms with van der Waals surface area (Å²) in [4.78, 5) is 0.406. The maximum absolute atomic E-state index is 12.2. The van der Waals surface area contributed by atoms with E-state index in [1.807, 2.05) is 26.0 Å². The van der Waals surface area contributed by atoms with Crippen LogP contribution in [0.15, 0.2) is 23.1 Å². The summed E-state index contributed by atoms with van der Waals surface area (Å²) in [7, 11) is -3.36. The molecule has 1 rings (SSSR count). The largest absolute Gasteiger partial charge is 0.240 e. The molecule has 0 fully saturated rings. The molecule has 1 aromatic carbocycles. The summed E-state index contributed by atoms with van der Waals surface area (Å²) < 4.78 is 27.2. The number of unbranched alkanes of at least 4 members (excludes halogenated alkanes) is 5. The van der Waals surface area contributed by atoms with Gasteiger partial charge in [0.1, 0.15) is 0 Å². The smallest absolute Gasteiger partial charge is 0.211 e. The number of sulfonamides is 1. The van der Waals surface area contributed by atoms with Crippen LogP contribution in [0.4, 0.5) is 0 Å². The van der Waals surface area contributed by atoms with Crippen molar-refractivity contribution in [2.24, 2.45) is 0 Å². The van der Waals surface area contributed by atoms with Crippen LogP contribution in [-0.2, 0) is 10.0 Å². The predicted molar refractivity (Wildman–Crippen MR) is 84.5 cm³/mol. The van der Waals surface area contributed by atoms with E-state index < -0.39 is 10.0 Å². The van der Waals surface area contributed by atoms with Crippen molar-refractivity contribution in [2.75, 3.05) is 6.54 Å². The fraction of sp³-hybridized carbons (Fsp3) is 0.625. The van der Waals surface area contributed by atoms with Crippen LogP contribution in [0.1, 0.15) is 56.6 Å². The molecule has 0 atom stereocenters. The Kier molecular flexibility index (Phi) is 7.24. The van der Waals surface area contributed by atoms with Crippen molar-refractivity contribution in [3.8, 4) is 0 Å². The minimum absolute atomic E-state index is 0.406. The first-order valence-corrected chi connectivity index (χ1v) is 9.02. The molecule has 0 radical (unpaired) electrons. The Morgan fingerprint density at radius 2 is 1.65 bits per heavy atom. The van der Waals surface area contributed by atoms with Crippen molar-refractivity contribution in [3.05, 3.63) is 29.3 Å². The second-order valence-corrected chi connectivity index (χ2v) is 7.17. The first kappa shape index (κ1) is 17.2. The molecule has 0 saturated carbocycles. The molecule has 114 valence electrons. The number of hydrogen-bond acceptors (Lipinski definition) is 2. The number of benzene rings is 1. The zero-order chi connectivity index (χ0) is 15.0. The molecule has 0 bridgehead atoms. The Labute approximate surface area is 123 Å². The molecular formula is C16H27NO2S. The summed E-state index contributed by atoms with van der Waals surface area (Å²) in [5.74, 6) is 0. The molecule has 0 heterocycles. The second kappa shape index (κ2) is 8.42. The predicted octanol–water partition coefficient (Wildman–Crippen LogP) is 3.94. The van der Waals surface area contributed by atoms with Crippen molar-refractivity contribution in [1.82, 2.24) is 4.72 Å². The van der Waals surface area contributed by atoms with Crippen molar-refractivity contribution in [2.45, 2.75) is 64.2 Å². The number of hydrogen-bond donors (Lipinski definition) is 1. The Balaban J connectivity index is 2.44. The minimum Gasteiger partial charge on any atom is -0.211 e. The van der Waals surface area contributed by atoms with Gasteiger partial charge >= 0.3 is 0 Å². The first-order valence-electron chi connectivity index (χ1n) is 7.54. The van der Waals surface area contributed by atoms with Gasteiger partial charge in [0.2, 0.25) is 10.0 Å². The van der Waals surface area contributed by atoms with Crippen LogP contribution in [0.3, 0.4) is 0 Å². The van der Waals surface area contributed by atoms with Gasteiger partial charge in [-0.25, -0.2) is 13.1 Å². The van der Waals surface area contributed by atoms with Gasteiger partial charge in [-0.15, -0.1) is 0 Å². The third-order valence-electron chi connectivity index (χ3n) is 3.46. The molecule has 0 aliphatic rings. The number of rotatable bonds is 9. The third-order valence-corrected chi connectivity index (χ3v) is 5.06. The number of aryl methyl sites for hydroxylation is 2. The maximum atomic E-state index is 12.2. The molecule has 20 heavy (non-hydrogen) atoms. The van der Waals surface area contributed by atoms with E-state index in [9.17, 15) is 8.42 Å². The highest BCUT2D eigenvalue weighted by Gasteiger charge is 2.15. The zero-order valence-corrected chi connectivity index (χ0v) is 13.7. The van der Waals surface area contributed by atoms with Crippen molar-refractivity contribution < 1.29 is 8.42 Å². The molecule has 0 spiro atoms. The quantitative estimate of drug-likeness (QED) is 0.702. The first-order chi connectivity index (χ1) is 9.47. The fourth-order valence-corrected chi connectivity index (χ4v) is 3.59. The lowest BCUT2D eigenvalue weighted by atomic mass is 10.1. The topological polar surface area (TPSA) is 46.2 Å². The standard InChI is InChI=1S/C16H27NO2S/c1-4-5-6-7-8-9-12-17-20(18,19)16-13-14(2)10-11-15(16)3/h10-11,13,17H,4-9,12H2,1-3H3. The van der Waals surface area contributed by atoms with Crippen LogP contribution < -0.4 is 4.72 Å². The highest BCUT2D eigenvalue weighted by molar-refractivity contribution is 7.89. The van der Waals surface area contributed by atoms with E-state index in [0.29, 0.717) is 11.4 Å². The van der Waals surface area contributed by atoms with E-state index in [2.05, 4.69) is 11.6 Å². The van der Waals surface area contributed by atoms with E-state index in [1.54, 1.807) is 6.07 Å². The molecule has 1 aromatic rings. The summed E-state index contributed by atoms with van der Waals surface area (Å²) >= 11 is 0. The molecule has 4 heteroatoms. The molecule has 3 nitrogen and oxygen atoms in total. The van der Waals surface area contributed by atoms with Gasteiger partial charge < -0.3 is 0 Å². The summed E-state index contributed by atoms with van der Waals surface area (Å²) in [6.07, 6.45) is 6.95. The van der Waals surface area contributed by atoms with Gasteiger partial charge in [-0.2, -0.15) is 0 Å². The monoisotopic (exact) mass is 297 g/mol. The van der Waals surface area contributed by atoms with Crippen LogP contribution >= 0.6 is 0 Å². The van der Waals surface area contributed by atoms with E-state index in [4.69, 9.17) is 0 Å². The van der Waals surface area contributed by atoms with E-state index >= 15 is 0 Å². The summed E-state index contributed by atoms with van der Waals surface area (Å²) in [5, 5.41) is 0. The van der Waals surface area contributed by atoms with Crippen molar-refractivity contribution in [3.63, 3.8) is 0 Å². The van der Waals surface area contributed by atoms with Crippen LogP contribution in [0, 0.1) is 13.8 Å². The van der Waals surface area contributed by atoms with Gasteiger partial charge in [-0.1, -0.05) is 51.2 Å². The van der Waals surface area contributed by atoms with Gasteiger partial charge in [-0.05, 0) is 37.5 Å². The lowest BCUT2D eigenvalue weighted by Gasteiger charge is -2.10. The highest BCUT2D eigenvalue weighted by atomic mass is 32.2. The average Bonchev–Trinajstić information content (AvgIpc) is 2.40. The van der Waals surface area contributed by atoms with Gasteiger partial charge in [-0.3, -0.25) is 0 Å². The molecule has 0 unspecified atom stereocenters. The minimum atomic E-state index is -3.36. The average molecular weight is 297 g/mol. The molecule has 0 saturated heterocycles. The molecule has 0 amide bonds. The molecular weight excluding hydrogens is 270 g/mol. The Hall–Kier alpha value is -0.870. The zero-order valence-electron chi connectivity index (χ0n) is 12.9. The van der Waals surface area contributed by atoms with Gasteiger partial charge in [0, 0.05) is 6.54 Å². The normalized spacial score (nSPS) is 11.8. The molecule has 0 aromatic heterocycles. The maximum Gasteiger partial charge on any atom is 0.240 e. The molecule has 0 aliphatic heterocycles. The Bertz CT molecular complexity index is 509. The SMILES string of the molecule is CCCCCCCCNS(=O)(=O)c1cc(C)ccc1C.